The first-order chi connectivity index (χ1) is 9.69. The van der Waals surface area contributed by atoms with Crippen LogP contribution in [0.15, 0.2) is 36.5 Å². The molecule has 0 aliphatic carbocycles. The van der Waals surface area contributed by atoms with E-state index in [-0.39, 0.29) is 18.3 Å². The van der Waals surface area contributed by atoms with Crippen LogP contribution in [0.2, 0.25) is 0 Å². The van der Waals surface area contributed by atoms with E-state index < -0.39 is 0 Å². The van der Waals surface area contributed by atoms with Crippen LogP contribution in [-0.4, -0.2) is 29.5 Å². The Morgan fingerprint density at radius 1 is 1.19 bits per heavy atom. The number of halogens is 1. The van der Waals surface area contributed by atoms with E-state index in [9.17, 15) is 4.79 Å². The number of aryl methyl sites for hydroxylation is 1. The van der Waals surface area contributed by atoms with E-state index >= 15 is 0 Å². The van der Waals surface area contributed by atoms with Crippen LogP contribution in [0.3, 0.4) is 0 Å². The third-order valence-electron chi connectivity index (χ3n) is 2.82. The number of hydrogen-bond acceptors (Lipinski definition) is 4. The molecule has 0 saturated carbocycles. The normalized spacial score (nSPS) is 9.81. The quantitative estimate of drug-likeness (QED) is 0.890. The van der Waals surface area contributed by atoms with Crippen molar-refractivity contribution in [3.8, 4) is 11.4 Å². The second-order valence-corrected chi connectivity index (χ2v) is 4.50. The highest BCUT2D eigenvalue weighted by molar-refractivity contribution is 5.91. The SMILES string of the molecule is CNCCC(=O)Nc1ccc(-c2nccc(C)n2)cc1.Cl. The van der Waals surface area contributed by atoms with Gasteiger partial charge in [-0.3, -0.25) is 4.79 Å². The fourth-order valence-electron chi connectivity index (χ4n) is 1.75. The number of nitrogens with zero attached hydrogens (tertiary/aromatic N) is 2. The Balaban J connectivity index is 0.00000220. The molecule has 6 heteroatoms. The highest BCUT2D eigenvalue weighted by atomic mass is 35.5. The molecule has 0 unspecified atom stereocenters. The summed E-state index contributed by atoms with van der Waals surface area (Å²) in [5.74, 6) is 0.692. The van der Waals surface area contributed by atoms with Crippen molar-refractivity contribution in [3.05, 3.63) is 42.2 Å². The van der Waals surface area contributed by atoms with Crippen molar-refractivity contribution in [1.29, 1.82) is 0 Å². The molecule has 21 heavy (non-hydrogen) atoms. The molecule has 0 fully saturated rings. The Bertz CT molecular complexity index is 586. The Labute approximate surface area is 130 Å². The minimum atomic E-state index is -0.00101. The minimum absolute atomic E-state index is 0. The molecule has 0 saturated heterocycles. The first-order valence-electron chi connectivity index (χ1n) is 6.53. The lowest BCUT2D eigenvalue weighted by Crippen LogP contribution is -2.18. The molecule has 2 aromatic rings. The lowest BCUT2D eigenvalue weighted by molar-refractivity contribution is -0.116. The zero-order chi connectivity index (χ0) is 14.4. The molecule has 1 aromatic heterocycles. The summed E-state index contributed by atoms with van der Waals surface area (Å²) < 4.78 is 0. The van der Waals surface area contributed by atoms with Gasteiger partial charge >= 0.3 is 0 Å². The van der Waals surface area contributed by atoms with Crippen molar-refractivity contribution in [1.82, 2.24) is 15.3 Å². The molecule has 0 spiro atoms. The van der Waals surface area contributed by atoms with Gasteiger partial charge < -0.3 is 10.6 Å². The van der Waals surface area contributed by atoms with E-state index in [4.69, 9.17) is 0 Å². The van der Waals surface area contributed by atoms with Crippen LogP contribution in [0.4, 0.5) is 5.69 Å². The average molecular weight is 307 g/mol. The van der Waals surface area contributed by atoms with Gasteiger partial charge in [-0.05, 0) is 44.3 Å². The Kier molecular flexibility index (Phi) is 6.78. The van der Waals surface area contributed by atoms with Gasteiger partial charge in [0.05, 0.1) is 0 Å². The molecule has 0 aliphatic heterocycles. The van der Waals surface area contributed by atoms with Crippen molar-refractivity contribution in [2.75, 3.05) is 18.9 Å². The van der Waals surface area contributed by atoms with E-state index in [1.54, 1.807) is 6.20 Å². The molecule has 112 valence electrons. The summed E-state index contributed by atoms with van der Waals surface area (Å²) in [5.41, 5.74) is 2.64. The van der Waals surface area contributed by atoms with Gasteiger partial charge in [0.2, 0.25) is 5.91 Å². The molecule has 0 bridgehead atoms. The molecule has 0 atom stereocenters. The number of carbonyl (C=O) groups is 1. The van der Waals surface area contributed by atoms with Gasteiger partial charge in [0.15, 0.2) is 5.82 Å². The largest absolute Gasteiger partial charge is 0.326 e. The molecule has 1 amide bonds. The Morgan fingerprint density at radius 2 is 1.90 bits per heavy atom. The number of rotatable bonds is 5. The van der Waals surface area contributed by atoms with E-state index in [1.807, 2.05) is 44.3 Å². The van der Waals surface area contributed by atoms with Crippen molar-refractivity contribution in [2.24, 2.45) is 0 Å². The van der Waals surface area contributed by atoms with Crippen LogP contribution in [0, 0.1) is 6.92 Å². The lowest BCUT2D eigenvalue weighted by Gasteiger charge is -2.06. The van der Waals surface area contributed by atoms with Gasteiger partial charge in [-0.2, -0.15) is 0 Å². The van der Waals surface area contributed by atoms with Crippen molar-refractivity contribution in [2.45, 2.75) is 13.3 Å². The lowest BCUT2D eigenvalue weighted by atomic mass is 10.2. The number of amides is 1. The number of hydrogen-bond donors (Lipinski definition) is 2. The first-order valence-corrected chi connectivity index (χ1v) is 6.53. The summed E-state index contributed by atoms with van der Waals surface area (Å²) in [6.07, 6.45) is 2.20. The summed E-state index contributed by atoms with van der Waals surface area (Å²) >= 11 is 0. The molecule has 2 N–H and O–H groups in total. The molecular formula is C15H19ClN4O. The molecule has 5 nitrogen and oxygen atoms in total. The Morgan fingerprint density at radius 3 is 2.52 bits per heavy atom. The summed E-state index contributed by atoms with van der Waals surface area (Å²) in [4.78, 5) is 20.2. The monoisotopic (exact) mass is 306 g/mol. The van der Waals surface area contributed by atoms with Gasteiger partial charge in [-0.15, -0.1) is 12.4 Å². The fourth-order valence-corrected chi connectivity index (χ4v) is 1.75. The zero-order valence-electron chi connectivity index (χ0n) is 12.1. The minimum Gasteiger partial charge on any atom is -0.326 e. The van der Waals surface area contributed by atoms with Gasteiger partial charge in [-0.1, -0.05) is 0 Å². The molecule has 1 heterocycles. The molecule has 2 rings (SSSR count). The van der Waals surface area contributed by atoms with Crippen LogP contribution in [0.5, 0.6) is 0 Å². The number of nitrogens with one attached hydrogen (secondary N) is 2. The summed E-state index contributed by atoms with van der Waals surface area (Å²) in [5, 5.41) is 5.79. The molecule has 0 aliphatic rings. The highest BCUT2D eigenvalue weighted by Gasteiger charge is 2.04. The third kappa shape index (κ3) is 5.13. The molecular weight excluding hydrogens is 288 g/mol. The van der Waals surface area contributed by atoms with Crippen LogP contribution in [0.1, 0.15) is 12.1 Å². The second-order valence-electron chi connectivity index (χ2n) is 4.50. The second kappa shape index (κ2) is 8.34. The van der Waals surface area contributed by atoms with Gasteiger partial charge in [0.25, 0.3) is 0 Å². The van der Waals surface area contributed by atoms with Crippen molar-refractivity contribution >= 4 is 24.0 Å². The maximum atomic E-state index is 11.6. The molecule has 0 radical (unpaired) electrons. The number of benzene rings is 1. The summed E-state index contributed by atoms with van der Waals surface area (Å²) in [6, 6.07) is 9.39. The summed E-state index contributed by atoms with van der Waals surface area (Å²) in [7, 11) is 1.82. The first kappa shape index (κ1) is 17.1. The van der Waals surface area contributed by atoms with Crippen LogP contribution >= 0.6 is 12.4 Å². The Hall–Kier alpha value is -1.98. The van der Waals surface area contributed by atoms with Crippen molar-refractivity contribution < 1.29 is 4.79 Å². The smallest absolute Gasteiger partial charge is 0.225 e. The number of aromatic nitrogens is 2. The number of carbonyl (C=O) groups excluding carboxylic acids is 1. The molecule has 1 aromatic carbocycles. The van der Waals surface area contributed by atoms with Gasteiger partial charge in [0, 0.05) is 36.1 Å². The maximum absolute atomic E-state index is 11.6. The predicted octanol–water partition coefficient (Wildman–Crippen LogP) is 2.42. The van der Waals surface area contributed by atoms with E-state index in [0.717, 1.165) is 16.9 Å². The summed E-state index contributed by atoms with van der Waals surface area (Å²) in [6.45, 7) is 2.60. The standard InChI is InChI=1S/C15H18N4O.ClH/c1-11-7-10-17-15(18-11)12-3-5-13(6-4-12)19-14(20)8-9-16-2;/h3-7,10,16H,8-9H2,1-2H3,(H,19,20);1H. The maximum Gasteiger partial charge on any atom is 0.225 e. The zero-order valence-corrected chi connectivity index (χ0v) is 12.9. The van der Waals surface area contributed by atoms with Gasteiger partial charge in [-0.25, -0.2) is 9.97 Å². The van der Waals surface area contributed by atoms with E-state index in [1.165, 1.54) is 0 Å². The van der Waals surface area contributed by atoms with Crippen LogP contribution in [-0.2, 0) is 4.79 Å². The van der Waals surface area contributed by atoms with E-state index in [0.29, 0.717) is 18.8 Å². The highest BCUT2D eigenvalue weighted by Crippen LogP contribution is 2.18. The predicted molar refractivity (Wildman–Crippen MR) is 86.6 cm³/mol. The van der Waals surface area contributed by atoms with Crippen molar-refractivity contribution in [3.63, 3.8) is 0 Å². The van der Waals surface area contributed by atoms with Crippen LogP contribution in [0.25, 0.3) is 11.4 Å². The van der Waals surface area contributed by atoms with Gasteiger partial charge in [0.1, 0.15) is 0 Å². The average Bonchev–Trinajstić information content (AvgIpc) is 2.46. The topological polar surface area (TPSA) is 66.9 Å². The van der Waals surface area contributed by atoms with Crippen LogP contribution < -0.4 is 10.6 Å². The third-order valence-corrected chi connectivity index (χ3v) is 2.82. The van der Waals surface area contributed by atoms with E-state index in [2.05, 4.69) is 20.6 Å². The number of anilines is 1. The fraction of sp³-hybridized carbons (Fsp3) is 0.267.